The molecule has 0 saturated carbocycles. The van der Waals surface area contributed by atoms with Crippen LogP contribution in [-0.2, 0) is 4.79 Å². The molecular formula is C27H27N7O2. The molecule has 9 nitrogen and oxygen atoms in total. The van der Waals surface area contributed by atoms with E-state index in [1.807, 2.05) is 60.7 Å². The summed E-state index contributed by atoms with van der Waals surface area (Å²) in [5, 5.41) is 5.44. The molecule has 4 N–H and O–H groups in total. The number of amides is 1. The van der Waals surface area contributed by atoms with Crippen molar-refractivity contribution in [2.45, 2.75) is 38.5 Å². The third-order valence-corrected chi connectivity index (χ3v) is 6.23. The number of aromatic nitrogens is 5. The second kappa shape index (κ2) is 9.99. The van der Waals surface area contributed by atoms with Crippen molar-refractivity contribution in [3.05, 3.63) is 72.8 Å². The molecule has 5 rings (SSSR count). The average Bonchev–Trinajstić information content (AvgIpc) is 3.27. The van der Waals surface area contributed by atoms with Crippen molar-refractivity contribution in [2.24, 2.45) is 5.73 Å². The second-order valence-corrected chi connectivity index (χ2v) is 8.66. The highest BCUT2D eigenvalue weighted by atomic mass is 16.5. The van der Waals surface area contributed by atoms with Crippen LogP contribution in [0.4, 0.5) is 5.82 Å². The van der Waals surface area contributed by atoms with E-state index >= 15 is 0 Å². The number of pyridine rings is 1. The van der Waals surface area contributed by atoms with E-state index in [0.29, 0.717) is 35.8 Å². The van der Waals surface area contributed by atoms with Gasteiger partial charge in [0.15, 0.2) is 5.82 Å². The molecule has 1 atom stereocenters. The maximum absolute atomic E-state index is 11.2. The maximum Gasteiger partial charge on any atom is 0.219 e. The smallest absolute Gasteiger partial charge is 0.219 e. The van der Waals surface area contributed by atoms with Crippen LogP contribution in [0.1, 0.15) is 44.3 Å². The van der Waals surface area contributed by atoms with Gasteiger partial charge in [-0.25, -0.2) is 19.5 Å². The molecule has 5 aromatic rings. The summed E-state index contributed by atoms with van der Waals surface area (Å²) in [6.45, 7) is 2.09. The molecule has 0 spiro atoms. The number of hydrogen-bond acceptors (Lipinski definition) is 7. The number of nitrogen functional groups attached to an aromatic ring is 1. The summed E-state index contributed by atoms with van der Waals surface area (Å²) in [4.78, 5) is 25.1. The molecule has 3 aromatic heterocycles. The van der Waals surface area contributed by atoms with Crippen molar-refractivity contribution in [1.29, 1.82) is 0 Å². The molecule has 0 aliphatic rings. The minimum atomic E-state index is -0.302. The molecule has 0 bridgehead atoms. The first-order chi connectivity index (χ1) is 17.5. The van der Waals surface area contributed by atoms with Gasteiger partial charge < -0.3 is 16.2 Å². The first-order valence-electron chi connectivity index (χ1n) is 11.9. The summed E-state index contributed by atoms with van der Waals surface area (Å²) < 4.78 is 7.69. The number of imidazole rings is 1. The van der Waals surface area contributed by atoms with Gasteiger partial charge in [-0.2, -0.15) is 5.10 Å². The van der Waals surface area contributed by atoms with Gasteiger partial charge in [-0.3, -0.25) is 4.79 Å². The maximum atomic E-state index is 11.2. The van der Waals surface area contributed by atoms with Crippen molar-refractivity contribution in [1.82, 2.24) is 24.6 Å². The molecular weight excluding hydrogens is 454 g/mol. The predicted octanol–water partition coefficient (Wildman–Crippen LogP) is 4.86. The third kappa shape index (κ3) is 4.68. The van der Waals surface area contributed by atoms with E-state index in [2.05, 4.69) is 17.0 Å². The molecule has 0 aliphatic heterocycles. The SMILES string of the molecule is CCC(CCCC(N)=O)c1nc(-c2ccc3ccc(Oc4ccccc4)nc3c2)c2c(N)ncnn12. The zero-order chi connectivity index (χ0) is 25.1. The zero-order valence-electron chi connectivity index (χ0n) is 20.0. The minimum absolute atomic E-state index is 0.0874. The molecule has 1 amide bonds. The fraction of sp³-hybridized carbons (Fsp3) is 0.222. The average molecular weight is 482 g/mol. The molecule has 2 aromatic carbocycles. The van der Waals surface area contributed by atoms with Crippen LogP contribution in [0, 0.1) is 0 Å². The van der Waals surface area contributed by atoms with Gasteiger partial charge in [0.25, 0.3) is 0 Å². The quantitative estimate of drug-likeness (QED) is 0.307. The first kappa shape index (κ1) is 23.2. The van der Waals surface area contributed by atoms with Crippen molar-refractivity contribution >= 4 is 28.1 Å². The van der Waals surface area contributed by atoms with E-state index in [1.54, 1.807) is 4.52 Å². The van der Waals surface area contributed by atoms with Crippen LogP contribution < -0.4 is 16.2 Å². The van der Waals surface area contributed by atoms with E-state index in [0.717, 1.165) is 40.9 Å². The highest BCUT2D eigenvalue weighted by Gasteiger charge is 2.23. The van der Waals surface area contributed by atoms with Crippen LogP contribution in [0.5, 0.6) is 11.6 Å². The van der Waals surface area contributed by atoms with Crippen molar-refractivity contribution < 1.29 is 9.53 Å². The van der Waals surface area contributed by atoms with Gasteiger partial charge in [-0.1, -0.05) is 37.3 Å². The number of anilines is 1. The van der Waals surface area contributed by atoms with Crippen molar-refractivity contribution in [3.63, 3.8) is 0 Å². The van der Waals surface area contributed by atoms with Gasteiger partial charge in [0.1, 0.15) is 29.1 Å². The number of primary amides is 1. The lowest BCUT2D eigenvalue weighted by molar-refractivity contribution is -0.118. The lowest BCUT2D eigenvalue weighted by atomic mass is 9.98. The highest BCUT2D eigenvalue weighted by Crippen LogP contribution is 2.34. The van der Waals surface area contributed by atoms with Crippen LogP contribution in [-0.4, -0.2) is 30.5 Å². The van der Waals surface area contributed by atoms with Crippen molar-refractivity contribution in [2.75, 3.05) is 5.73 Å². The summed E-state index contributed by atoms with van der Waals surface area (Å²) in [7, 11) is 0. The summed E-state index contributed by atoms with van der Waals surface area (Å²) in [5.41, 5.74) is 14.6. The Morgan fingerprint density at radius 1 is 1.08 bits per heavy atom. The lowest BCUT2D eigenvalue weighted by Crippen LogP contribution is -2.12. The Labute approximate surface area is 208 Å². The molecule has 0 fully saturated rings. The largest absolute Gasteiger partial charge is 0.439 e. The number of benzene rings is 2. The van der Waals surface area contributed by atoms with Gasteiger partial charge in [-0.05, 0) is 43.5 Å². The Hall–Kier alpha value is -4.53. The standard InChI is InChI=1S/C27H27N7O2/c1-2-17(7-6-10-22(28)35)27-33-24(25-26(29)30-16-31-34(25)27)19-12-11-18-13-14-23(32-21(18)15-19)36-20-8-4-3-5-9-20/h3-5,8-9,11-17H,2,6-7,10H2,1H3,(H2,28,35)(H2,29,30,31). The Bertz CT molecular complexity index is 1530. The normalized spacial score (nSPS) is 12.1. The number of hydrogen-bond donors (Lipinski definition) is 2. The van der Waals surface area contributed by atoms with Gasteiger partial charge >= 0.3 is 0 Å². The zero-order valence-corrected chi connectivity index (χ0v) is 20.0. The van der Waals surface area contributed by atoms with Crippen LogP contribution in [0.3, 0.4) is 0 Å². The topological polar surface area (TPSA) is 134 Å². The van der Waals surface area contributed by atoms with Gasteiger partial charge in [0, 0.05) is 29.4 Å². The van der Waals surface area contributed by atoms with Gasteiger partial charge in [-0.15, -0.1) is 0 Å². The van der Waals surface area contributed by atoms with Crippen LogP contribution in [0.25, 0.3) is 27.7 Å². The molecule has 0 saturated heterocycles. The van der Waals surface area contributed by atoms with Crippen molar-refractivity contribution in [3.8, 4) is 22.9 Å². The number of para-hydroxylation sites is 1. The summed E-state index contributed by atoms with van der Waals surface area (Å²) in [5.74, 6) is 2.14. The lowest BCUT2D eigenvalue weighted by Gasteiger charge is -2.12. The Morgan fingerprint density at radius 2 is 1.89 bits per heavy atom. The fourth-order valence-corrected chi connectivity index (χ4v) is 4.39. The fourth-order valence-electron chi connectivity index (χ4n) is 4.39. The van der Waals surface area contributed by atoms with E-state index in [1.165, 1.54) is 6.33 Å². The Kier molecular flexibility index (Phi) is 6.44. The Balaban J connectivity index is 1.55. The third-order valence-electron chi connectivity index (χ3n) is 6.23. The summed E-state index contributed by atoms with van der Waals surface area (Å²) in [6.07, 6.45) is 4.06. The molecule has 182 valence electrons. The molecule has 36 heavy (non-hydrogen) atoms. The van der Waals surface area contributed by atoms with Crippen LogP contribution in [0.2, 0.25) is 0 Å². The number of nitrogens with zero attached hydrogens (tertiary/aromatic N) is 5. The molecule has 9 heteroatoms. The number of rotatable bonds is 9. The number of ether oxygens (including phenoxy) is 1. The highest BCUT2D eigenvalue weighted by molar-refractivity contribution is 5.90. The second-order valence-electron chi connectivity index (χ2n) is 8.66. The number of carbonyl (C=O) groups is 1. The molecule has 0 radical (unpaired) electrons. The first-order valence-corrected chi connectivity index (χ1v) is 11.9. The van der Waals surface area contributed by atoms with Gasteiger partial charge in [0.2, 0.25) is 11.8 Å². The minimum Gasteiger partial charge on any atom is -0.439 e. The van der Waals surface area contributed by atoms with E-state index in [-0.39, 0.29) is 11.8 Å². The van der Waals surface area contributed by atoms with E-state index in [4.69, 9.17) is 26.2 Å². The Morgan fingerprint density at radius 3 is 2.67 bits per heavy atom. The van der Waals surface area contributed by atoms with Crippen LogP contribution in [0.15, 0.2) is 67.0 Å². The van der Waals surface area contributed by atoms with Gasteiger partial charge in [0.05, 0.1) is 5.52 Å². The summed E-state index contributed by atoms with van der Waals surface area (Å²) >= 11 is 0. The number of carbonyl (C=O) groups excluding carboxylic acids is 1. The molecule has 3 heterocycles. The molecule has 0 aliphatic carbocycles. The number of nitrogens with two attached hydrogens (primary N) is 2. The monoisotopic (exact) mass is 481 g/mol. The number of fused-ring (bicyclic) bond motifs is 2. The summed E-state index contributed by atoms with van der Waals surface area (Å²) in [6, 6.07) is 19.3. The van der Waals surface area contributed by atoms with E-state index in [9.17, 15) is 4.79 Å². The van der Waals surface area contributed by atoms with Crippen LogP contribution >= 0.6 is 0 Å². The van der Waals surface area contributed by atoms with E-state index < -0.39 is 0 Å². The molecule has 1 unspecified atom stereocenters. The predicted molar refractivity (Wildman–Crippen MR) is 139 cm³/mol.